The van der Waals surface area contributed by atoms with Crippen molar-refractivity contribution in [2.45, 2.75) is 33.6 Å². The number of hydrogen-bond acceptors (Lipinski definition) is 2. The smallest absolute Gasteiger partial charge is 0.253 e. The number of rotatable bonds is 5. The highest BCUT2D eigenvalue weighted by Crippen LogP contribution is 2.27. The van der Waals surface area contributed by atoms with E-state index in [1.807, 2.05) is 36.9 Å². The first kappa shape index (κ1) is 14.6. The summed E-state index contributed by atoms with van der Waals surface area (Å²) in [6, 6.07) is 5.67. The fourth-order valence-electron chi connectivity index (χ4n) is 2.01. The van der Waals surface area contributed by atoms with Gasteiger partial charge in [0.1, 0.15) is 5.75 Å². The summed E-state index contributed by atoms with van der Waals surface area (Å²) in [6.07, 6.45) is 0. The van der Waals surface area contributed by atoms with Crippen LogP contribution in [0.2, 0.25) is 0 Å². The number of benzene rings is 1. The van der Waals surface area contributed by atoms with Crippen LogP contribution in [0.25, 0.3) is 0 Å². The summed E-state index contributed by atoms with van der Waals surface area (Å²) in [5.41, 5.74) is 1.82. The highest BCUT2D eigenvalue weighted by atomic mass is 16.5. The minimum atomic E-state index is 0.0875. The summed E-state index contributed by atoms with van der Waals surface area (Å²) in [5, 5.41) is 0. The quantitative estimate of drug-likeness (QED) is 0.801. The van der Waals surface area contributed by atoms with Gasteiger partial charge in [0.25, 0.3) is 5.91 Å². The maximum Gasteiger partial charge on any atom is 0.253 e. The van der Waals surface area contributed by atoms with Crippen molar-refractivity contribution in [1.29, 1.82) is 0 Å². The van der Waals surface area contributed by atoms with Crippen LogP contribution in [0.5, 0.6) is 5.75 Å². The Morgan fingerprint density at radius 1 is 1.28 bits per heavy atom. The van der Waals surface area contributed by atoms with E-state index in [-0.39, 0.29) is 5.91 Å². The monoisotopic (exact) mass is 249 g/mol. The zero-order valence-electron chi connectivity index (χ0n) is 12.0. The lowest BCUT2D eigenvalue weighted by molar-refractivity contribution is 0.0773. The average Bonchev–Trinajstić information content (AvgIpc) is 2.39. The third kappa shape index (κ3) is 3.03. The molecule has 1 amide bonds. The van der Waals surface area contributed by atoms with Crippen molar-refractivity contribution >= 4 is 5.91 Å². The van der Waals surface area contributed by atoms with Gasteiger partial charge >= 0.3 is 0 Å². The molecule has 3 heteroatoms. The van der Waals surface area contributed by atoms with Crippen molar-refractivity contribution < 1.29 is 9.53 Å². The van der Waals surface area contributed by atoms with E-state index in [1.165, 1.54) is 0 Å². The Bertz CT molecular complexity index is 409. The van der Waals surface area contributed by atoms with Gasteiger partial charge in [0.05, 0.1) is 7.11 Å². The van der Waals surface area contributed by atoms with Crippen LogP contribution in [-0.4, -0.2) is 31.0 Å². The van der Waals surface area contributed by atoms with Crippen LogP contribution in [-0.2, 0) is 0 Å². The Hall–Kier alpha value is -1.51. The van der Waals surface area contributed by atoms with Crippen LogP contribution in [0.3, 0.4) is 0 Å². The minimum absolute atomic E-state index is 0.0875. The molecule has 0 atom stereocenters. The first-order chi connectivity index (χ1) is 8.54. The maximum atomic E-state index is 12.3. The van der Waals surface area contributed by atoms with Crippen molar-refractivity contribution in [3.63, 3.8) is 0 Å². The third-order valence-electron chi connectivity index (χ3n) is 3.15. The predicted molar refractivity (Wildman–Crippen MR) is 74.3 cm³/mol. The van der Waals surface area contributed by atoms with E-state index in [9.17, 15) is 4.79 Å². The molecule has 0 aliphatic carbocycles. The third-order valence-corrected chi connectivity index (χ3v) is 3.15. The Balaban J connectivity index is 3.11. The molecule has 3 nitrogen and oxygen atoms in total. The number of methoxy groups -OCH3 is 1. The molecular weight excluding hydrogens is 226 g/mol. The van der Waals surface area contributed by atoms with E-state index in [1.54, 1.807) is 7.11 Å². The van der Waals surface area contributed by atoms with Crippen LogP contribution in [0.1, 0.15) is 49.5 Å². The number of carbonyl (C=O) groups excluding carboxylic acids is 1. The molecule has 0 unspecified atom stereocenters. The van der Waals surface area contributed by atoms with Gasteiger partial charge in [0.2, 0.25) is 0 Å². The molecule has 0 aliphatic rings. The summed E-state index contributed by atoms with van der Waals surface area (Å²) >= 11 is 0. The van der Waals surface area contributed by atoms with Crippen LogP contribution in [0, 0.1) is 0 Å². The molecule has 18 heavy (non-hydrogen) atoms. The highest BCUT2D eigenvalue weighted by molar-refractivity contribution is 5.94. The number of carbonyl (C=O) groups is 1. The highest BCUT2D eigenvalue weighted by Gasteiger charge is 2.15. The molecule has 1 aromatic carbocycles. The number of amides is 1. The van der Waals surface area contributed by atoms with E-state index < -0.39 is 0 Å². The second-order valence-electron chi connectivity index (χ2n) is 4.59. The van der Waals surface area contributed by atoms with Crippen LogP contribution in [0.15, 0.2) is 18.2 Å². The van der Waals surface area contributed by atoms with Crippen molar-refractivity contribution in [1.82, 2.24) is 4.90 Å². The van der Waals surface area contributed by atoms with E-state index in [2.05, 4.69) is 13.8 Å². The van der Waals surface area contributed by atoms with E-state index in [4.69, 9.17) is 4.74 Å². The molecule has 0 radical (unpaired) electrons. The second kappa shape index (κ2) is 6.43. The average molecular weight is 249 g/mol. The van der Waals surface area contributed by atoms with Gasteiger partial charge in [0, 0.05) is 18.7 Å². The predicted octanol–water partition coefficient (Wildman–Crippen LogP) is 3.30. The Morgan fingerprint density at radius 3 is 2.33 bits per heavy atom. The molecule has 1 aromatic rings. The van der Waals surface area contributed by atoms with E-state index in [0.717, 1.165) is 30.0 Å². The largest absolute Gasteiger partial charge is 0.496 e. The summed E-state index contributed by atoms with van der Waals surface area (Å²) in [6.45, 7) is 9.66. The molecule has 0 N–H and O–H groups in total. The minimum Gasteiger partial charge on any atom is -0.496 e. The molecule has 0 aliphatic heterocycles. The fourth-order valence-corrected chi connectivity index (χ4v) is 2.01. The lowest BCUT2D eigenvalue weighted by atomic mass is 9.99. The van der Waals surface area contributed by atoms with Crippen molar-refractivity contribution in [3.05, 3.63) is 29.3 Å². The zero-order valence-corrected chi connectivity index (χ0v) is 12.0. The van der Waals surface area contributed by atoms with E-state index >= 15 is 0 Å². The molecule has 0 spiro atoms. The molecular formula is C15H23NO2. The first-order valence-electron chi connectivity index (χ1n) is 6.52. The van der Waals surface area contributed by atoms with E-state index in [0.29, 0.717) is 5.92 Å². The number of hydrogen-bond donors (Lipinski definition) is 0. The number of nitrogens with zero attached hydrogens (tertiary/aromatic N) is 1. The van der Waals surface area contributed by atoms with Gasteiger partial charge in [-0.25, -0.2) is 0 Å². The van der Waals surface area contributed by atoms with Crippen LogP contribution in [0.4, 0.5) is 0 Å². The summed E-state index contributed by atoms with van der Waals surface area (Å²) in [7, 11) is 1.66. The van der Waals surface area contributed by atoms with Gasteiger partial charge in [-0.2, -0.15) is 0 Å². The topological polar surface area (TPSA) is 29.5 Å². The van der Waals surface area contributed by atoms with Gasteiger partial charge in [-0.15, -0.1) is 0 Å². The lowest BCUT2D eigenvalue weighted by Crippen LogP contribution is -2.30. The summed E-state index contributed by atoms with van der Waals surface area (Å²) < 4.78 is 5.33. The van der Waals surface area contributed by atoms with Crippen molar-refractivity contribution in [2.24, 2.45) is 0 Å². The zero-order chi connectivity index (χ0) is 13.7. The van der Waals surface area contributed by atoms with Crippen molar-refractivity contribution in [3.8, 4) is 5.75 Å². The lowest BCUT2D eigenvalue weighted by Gasteiger charge is -2.20. The molecule has 0 bridgehead atoms. The summed E-state index contributed by atoms with van der Waals surface area (Å²) in [5.74, 6) is 1.27. The Morgan fingerprint density at radius 2 is 1.89 bits per heavy atom. The van der Waals surface area contributed by atoms with Gasteiger partial charge in [-0.05, 0) is 43.5 Å². The van der Waals surface area contributed by atoms with Crippen LogP contribution < -0.4 is 4.74 Å². The molecule has 0 saturated carbocycles. The Kier molecular flexibility index (Phi) is 5.20. The molecule has 0 saturated heterocycles. The number of ether oxygens (including phenoxy) is 1. The van der Waals surface area contributed by atoms with Crippen molar-refractivity contribution in [2.75, 3.05) is 20.2 Å². The van der Waals surface area contributed by atoms with Gasteiger partial charge in [-0.3, -0.25) is 4.79 Å². The molecule has 0 fully saturated rings. The standard InChI is InChI=1S/C15H23NO2/c1-6-16(7-2)15(17)12-8-9-14(18-5)13(10-12)11(3)4/h8-11H,6-7H2,1-5H3. The molecule has 0 heterocycles. The van der Waals surface area contributed by atoms with Gasteiger partial charge in [0.15, 0.2) is 0 Å². The summed E-state index contributed by atoms with van der Waals surface area (Å²) in [4.78, 5) is 14.1. The van der Waals surface area contributed by atoms with Crippen LogP contribution >= 0.6 is 0 Å². The molecule has 1 rings (SSSR count). The first-order valence-corrected chi connectivity index (χ1v) is 6.52. The fraction of sp³-hybridized carbons (Fsp3) is 0.533. The maximum absolute atomic E-state index is 12.3. The SMILES string of the molecule is CCN(CC)C(=O)c1ccc(OC)c(C(C)C)c1. The molecule has 0 aromatic heterocycles. The van der Waals surface area contributed by atoms with Gasteiger partial charge in [-0.1, -0.05) is 13.8 Å². The Labute approximate surface area is 110 Å². The normalized spacial score (nSPS) is 10.6. The second-order valence-corrected chi connectivity index (χ2v) is 4.59. The molecule has 100 valence electrons. The van der Waals surface area contributed by atoms with Gasteiger partial charge < -0.3 is 9.64 Å².